The summed E-state index contributed by atoms with van der Waals surface area (Å²) in [5, 5.41) is 12.1. The van der Waals surface area contributed by atoms with Crippen LogP contribution in [0.4, 0.5) is 11.4 Å². The Hall–Kier alpha value is -1.71. The standard InChI is InChI=1S/C13H20N2O2/c1-7(2)12(13(16)17)15-10-5-8(3)11(14)9(4)6-10/h5-7,12,15H,14H2,1-4H3,(H,16,17)/t12-/m0/s1. The van der Waals surface area contributed by atoms with Crippen molar-refractivity contribution < 1.29 is 9.90 Å². The average molecular weight is 236 g/mol. The number of hydrogen-bond donors (Lipinski definition) is 3. The molecule has 1 atom stereocenters. The third kappa shape index (κ3) is 3.12. The first kappa shape index (κ1) is 13.4. The summed E-state index contributed by atoms with van der Waals surface area (Å²) in [7, 11) is 0. The number of anilines is 2. The van der Waals surface area contributed by atoms with Gasteiger partial charge in [-0.25, -0.2) is 4.79 Å². The minimum atomic E-state index is -0.841. The molecule has 17 heavy (non-hydrogen) atoms. The van der Waals surface area contributed by atoms with E-state index in [1.165, 1.54) is 0 Å². The molecule has 0 saturated carbocycles. The highest BCUT2D eigenvalue weighted by molar-refractivity contribution is 5.78. The molecule has 0 radical (unpaired) electrons. The van der Waals surface area contributed by atoms with Gasteiger partial charge in [-0.3, -0.25) is 0 Å². The van der Waals surface area contributed by atoms with Crippen molar-refractivity contribution in [1.82, 2.24) is 0 Å². The minimum absolute atomic E-state index is 0.0191. The number of aliphatic carboxylic acids is 1. The first-order valence-corrected chi connectivity index (χ1v) is 5.69. The fraction of sp³-hybridized carbons (Fsp3) is 0.462. The Morgan fingerprint density at radius 2 is 1.76 bits per heavy atom. The Labute approximate surface area is 102 Å². The Kier molecular flexibility index (Phi) is 3.99. The molecule has 1 aromatic rings. The number of rotatable bonds is 4. The third-order valence-electron chi connectivity index (χ3n) is 2.85. The molecule has 4 nitrogen and oxygen atoms in total. The van der Waals surface area contributed by atoms with Crippen LogP contribution in [0.1, 0.15) is 25.0 Å². The van der Waals surface area contributed by atoms with Crippen LogP contribution in [0.5, 0.6) is 0 Å². The number of nitrogen functional groups attached to an aromatic ring is 1. The van der Waals surface area contributed by atoms with Gasteiger partial charge in [0.15, 0.2) is 0 Å². The summed E-state index contributed by atoms with van der Waals surface area (Å²) < 4.78 is 0. The second-order valence-electron chi connectivity index (χ2n) is 4.73. The van der Waals surface area contributed by atoms with E-state index in [0.717, 1.165) is 22.5 Å². The molecule has 0 aromatic heterocycles. The lowest BCUT2D eigenvalue weighted by molar-refractivity contribution is -0.138. The number of hydrogen-bond acceptors (Lipinski definition) is 3. The van der Waals surface area contributed by atoms with Gasteiger partial charge in [-0.15, -0.1) is 0 Å². The Bertz CT molecular complexity index is 404. The van der Waals surface area contributed by atoms with Crippen LogP contribution in [0.15, 0.2) is 12.1 Å². The van der Waals surface area contributed by atoms with Gasteiger partial charge in [0, 0.05) is 11.4 Å². The van der Waals surface area contributed by atoms with Crippen LogP contribution in [-0.4, -0.2) is 17.1 Å². The molecule has 0 fully saturated rings. The molecule has 0 heterocycles. The SMILES string of the molecule is Cc1cc(N[C@H](C(=O)O)C(C)C)cc(C)c1N. The molecular formula is C13H20N2O2. The maximum Gasteiger partial charge on any atom is 0.326 e. The van der Waals surface area contributed by atoms with E-state index in [9.17, 15) is 4.79 Å². The molecule has 0 aliphatic carbocycles. The zero-order valence-corrected chi connectivity index (χ0v) is 10.7. The predicted molar refractivity (Wildman–Crippen MR) is 70.2 cm³/mol. The number of carboxylic acids is 1. The van der Waals surface area contributed by atoms with Crippen molar-refractivity contribution in [2.45, 2.75) is 33.7 Å². The Balaban J connectivity index is 2.98. The highest BCUT2D eigenvalue weighted by Gasteiger charge is 2.21. The fourth-order valence-corrected chi connectivity index (χ4v) is 1.75. The highest BCUT2D eigenvalue weighted by Crippen LogP contribution is 2.23. The third-order valence-corrected chi connectivity index (χ3v) is 2.85. The molecule has 0 saturated heterocycles. The van der Waals surface area contributed by atoms with Gasteiger partial charge in [0.25, 0.3) is 0 Å². The second kappa shape index (κ2) is 5.08. The lowest BCUT2D eigenvalue weighted by Gasteiger charge is -2.20. The van der Waals surface area contributed by atoms with Crippen molar-refractivity contribution in [2.75, 3.05) is 11.1 Å². The van der Waals surface area contributed by atoms with E-state index in [-0.39, 0.29) is 5.92 Å². The molecule has 1 aromatic carbocycles. The van der Waals surface area contributed by atoms with Crippen LogP contribution < -0.4 is 11.1 Å². The molecule has 0 spiro atoms. The summed E-state index contributed by atoms with van der Waals surface area (Å²) >= 11 is 0. The number of carbonyl (C=O) groups is 1. The summed E-state index contributed by atoms with van der Waals surface area (Å²) in [5.41, 5.74) is 9.33. The van der Waals surface area contributed by atoms with E-state index in [1.807, 2.05) is 39.8 Å². The zero-order chi connectivity index (χ0) is 13.2. The van der Waals surface area contributed by atoms with Crippen molar-refractivity contribution in [3.8, 4) is 0 Å². The molecule has 0 aliphatic heterocycles. The van der Waals surface area contributed by atoms with Gasteiger partial charge >= 0.3 is 5.97 Å². The van der Waals surface area contributed by atoms with E-state index in [1.54, 1.807) is 0 Å². The molecule has 4 heteroatoms. The van der Waals surface area contributed by atoms with Crippen molar-refractivity contribution in [1.29, 1.82) is 0 Å². The minimum Gasteiger partial charge on any atom is -0.480 e. The fourth-order valence-electron chi connectivity index (χ4n) is 1.75. The molecule has 4 N–H and O–H groups in total. The Morgan fingerprint density at radius 1 is 1.29 bits per heavy atom. The van der Waals surface area contributed by atoms with Crippen LogP contribution in [-0.2, 0) is 4.79 Å². The molecule has 0 bridgehead atoms. The number of aryl methyl sites for hydroxylation is 2. The van der Waals surface area contributed by atoms with Crippen molar-refractivity contribution >= 4 is 17.3 Å². The van der Waals surface area contributed by atoms with Gasteiger partial charge in [0.1, 0.15) is 6.04 Å². The van der Waals surface area contributed by atoms with Gasteiger partial charge < -0.3 is 16.2 Å². The molecule has 94 valence electrons. The summed E-state index contributed by atoms with van der Waals surface area (Å²) in [6, 6.07) is 3.17. The largest absolute Gasteiger partial charge is 0.480 e. The number of nitrogens with two attached hydrogens (primary N) is 1. The Morgan fingerprint density at radius 3 is 2.12 bits per heavy atom. The molecule has 0 amide bonds. The van der Waals surface area contributed by atoms with Crippen LogP contribution >= 0.6 is 0 Å². The molecule has 0 unspecified atom stereocenters. The number of benzene rings is 1. The highest BCUT2D eigenvalue weighted by atomic mass is 16.4. The number of nitrogens with one attached hydrogen (secondary N) is 1. The quantitative estimate of drug-likeness (QED) is 0.702. The lowest BCUT2D eigenvalue weighted by Crippen LogP contribution is -2.34. The average Bonchev–Trinajstić information content (AvgIpc) is 2.21. The van der Waals surface area contributed by atoms with Gasteiger partial charge in [-0.1, -0.05) is 13.8 Å². The summed E-state index contributed by atoms with van der Waals surface area (Å²) in [6.07, 6.45) is 0. The summed E-state index contributed by atoms with van der Waals surface area (Å²) in [6.45, 7) is 7.59. The van der Waals surface area contributed by atoms with Crippen molar-refractivity contribution in [2.24, 2.45) is 5.92 Å². The summed E-state index contributed by atoms with van der Waals surface area (Å²) in [5.74, 6) is -0.821. The molecule has 0 aliphatic rings. The second-order valence-corrected chi connectivity index (χ2v) is 4.73. The van der Waals surface area contributed by atoms with Gasteiger partial charge in [-0.05, 0) is 43.0 Å². The smallest absolute Gasteiger partial charge is 0.326 e. The maximum absolute atomic E-state index is 11.1. The molecule has 1 rings (SSSR count). The van der Waals surface area contributed by atoms with Crippen molar-refractivity contribution in [3.05, 3.63) is 23.3 Å². The summed E-state index contributed by atoms with van der Waals surface area (Å²) in [4.78, 5) is 11.1. The van der Waals surface area contributed by atoms with Crippen LogP contribution in [0.2, 0.25) is 0 Å². The van der Waals surface area contributed by atoms with E-state index in [4.69, 9.17) is 10.8 Å². The first-order chi connectivity index (χ1) is 7.82. The predicted octanol–water partition coefficient (Wildman–Crippen LogP) is 2.41. The van der Waals surface area contributed by atoms with Gasteiger partial charge in [-0.2, -0.15) is 0 Å². The van der Waals surface area contributed by atoms with E-state index in [0.29, 0.717) is 0 Å². The first-order valence-electron chi connectivity index (χ1n) is 5.69. The normalized spacial score (nSPS) is 12.5. The van der Waals surface area contributed by atoms with Crippen molar-refractivity contribution in [3.63, 3.8) is 0 Å². The van der Waals surface area contributed by atoms with Gasteiger partial charge in [0.05, 0.1) is 0 Å². The van der Waals surface area contributed by atoms with E-state index >= 15 is 0 Å². The van der Waals surface area contributed by atoms with Crippen LogP contribution in [0.25, 0.3) is 0 Å². The van der Waals surface area contributed by atoms with E-state index in [2.05, 4.69) is 5.32 Å². The van der Waals surface area contributed by atoms with Gasteiger partial charge in [0.2, 0.25) is 0 Å². The number of carboxylic acid groups (broad SMARTS) is 1. The topological polar surface area (TPSA) is 75.3 Å². The lowest BCUT2D eigenvalue weighted by atomic mass is 10.0. The van der Waals surface area contributed by atoms with Crippen LogP contribution in [0.3, 0.4) is 0 Å². The van der Waals surface area contributed by atoms with E-state index < -0.39 is 12.0 Å². The molecular weight excluding hydrogens is 216 g/mol. The maximum atomic E-state index is 11.1. The zero-order valence-electron chi connectivity index (χ0n) is 10.7. The van der Waals surface area contributed by atoms with Crippen LogP contribution in [0, 0.1) is 19.8 Å². The monoisotopic (exact) mass is 236 g/mol.